The predicted molar refractivity (Wildman–Crippen MR) is 66.6 cm³/mol. The lowest BCUT2D eigenvalue weighted by molar-refractivity contribution is -0.118. The molecule has 0 fully saturated rings. The second-order valence-corrected chi connectivity index (χ2v) is 3.67. The summed E-state index contributed by atoms with van der Waals surface area (Å²) in [6.07, 6.45) is 0.601. The number of hydrogen-bond donors (Lipinski definition) is 1. The number of carbonyl (C=O) groups excluding carboxylic acids is 2. The van der Waals surface area contributed by atoms with E-state index in [2.05, 4.69) is 17.2 Å². The largest absolute Gasteiger partial charge is 0.355 e. The van der Waals surface area contributed by atoms with Crippen LogP contribution in [0.2, 0.25) is 0 Å². The molecule has 1 rings (SSSR count). The van der Waals surface area contributed by atoms with Crippen LogP contribution >= 0.6 is 0 Å². The molecule has 0 bridgehead atoms. The van der Waals surface area contributed by atoms with Crippen molar-refractivity contribution in [3.05, 3.63) is 35.4 Å². The Morgan fingerprint density at radius 2 is 2.06 bits per heavy atom. The van der Waals surface area contributed by atoms with Crippen LogP contribution in [-0.2, 0) is 4.79 Å². The van der Waals surface area contributed by atoms with Gasteiger partial charge in [-0.15, -0.1) is 0 Å². The van der Waals surface area contributed by atoms with E-state index in [9.17, 15) is 9.59 Å². The van der Waals surface area contributed by atoms with Crippen molar-refractivity contribution >= 4 is 11.7 Å². The molecule has 0 heterocycles. The summed E-state index contributed by atoms with van der Waals surface area (Å²) < 4.78 is 0. The quantitative estimate of drug-likeness (QED) is 0.488. The van der Waals surface area contributed by atoms with Gasteiger partial charge in [0.1, 0.15) is 0 Å². The van der Waals surface area contributed by atoms with E-state index in [1.165, 1.54) is 13.8 Å². The zero-order valence-electron chi connectivity index (χ0n) is 10.0. The first-order chi connectivity index (χ1) is 8.09. The van der Waals surface area contributed by atoms with Gasteiger partial charge in [-0.1, -0.05) is 24.0 Å². The highest BCUT2D eigenvalue weighted by Crippen LogP contribution is 2.04. The lowest BCUT2D eigenvalue weighted by Gasteiger charge is -1.96. The number of ketones is 1. The molecule has 0 aliphatic rings. The van der Waals surface area contributed by atoms with E-state index in [0.29, 0.717) is 18.5 Å². The summed E-state index contributed by atoms with van der Waals surface area (Å²) in [7, 11) is 0. The zero-order valence-corrected chi connectivity index (χ0v) is 10.0. The minimum absolute atomic E-state index is 0.0342. The number of carbonyl (C=O) groups is 2. The third kappa shape index (κ3) is 4.98. The van der Waals surface area contributed by atoms with Crippen LogP contribution in [0.15, 0.2) is 24.3 Å². The molecule has 0 atom stereocenters. The van der Waals surface area contributed by atoms with Gasteiger partial charge in [0.25, 0.3) is 0 Å². The van der Waals surface area contributed by atoms with Crippen molar-refractivity contribution < 1.29 is 9.59 Å². The van der Waals surface area contributed by atoms with E-state index in [1.54, 1.807) is 12.1 Å². The van der Waals surface area contributed by atoms with Crippen molar-refractivity contribution in [1.29, 1.82) is 0 Å². The Balaban J connectivity index is 2.56. The molecule has 88 valence electrons. The van der Waals surface area contributed by atoms with Crippen molar-refractivity contribution in [2.75, 3.05) is 6.54 Å². The smallest absolute Gasteiger partial charge is 0.216 e. The van der Waals surface area contributed by atoms with Gasteiger partial charge in [-0.3, -0.25) is 9.59 Å². The van der Waals surface area contributed by atoms with Gasteiger partial charge in [-0.2, -0.15) is 0 Å². The average molecular weight is 229 g/mol. The van der Waals surface area contributed by atoms with Crippen LogP contribution in [0.4, 0.5) is 0 Å². The molecule has 3 nitrogen and oxygen atoms in total. The van der Waals surface area contributed by atoms with E-state index >= 15 is 0 Å². The van der Waals surface area contributed by atoms with Gasteiger partial charge >= 0.3 is 0 Å². The highest BCUT2D eigenvalue weighted by Gasteiger charge is 1.97. The van der Waals surface area contributed by atoms with Crippen LogP contribution in [0.1, 0.15) is 36.2 Å². The zero-order chi connectivity index (χ0) is 12.7. The van der Waals surface area contributed by atoms with Crippen molar-refractivity contribution in [3.63, 3.8) is 0 Å². The molecule has 0 spiro atoms. The Labute approximate surface area is 101 Å². The molecule has 1 aromatic carbocycles. The van der Waals surface area contributed by atoms with Crippen LogP contribution in [-0.4, -0.2) is 18.2 Å². The monoisotopic (exact) mass is 229 g/mol. The molecular weight excluding hydrogens is 214 g/mol. The van der Waals surface area contributed by atoms with Crippen molar-refractivity contribution in [2.45, 2.75) is 20.3 Å². The summed E-state index contributed by atoms with van der Waals surface area (Å²) in [5.41, 5.74) is 1.49. The van der Waals surface area contributed by atoms with E-state index < -0.39 is 0 Å². The van der Waals surface area contributed by atoms with E-state index in [4.69, 9.17) is 0 Å². The molecule has 1 N–H and O–H groups in total. The summed E-state index contributed by atoms with van der Waals surface area (Å²) in [5.74, 6) is 5.89. The second kappa shape index (κ2) is 6.49. The maximum absolute atomic E-state index is 11.2. The van der Waals surface area contributed by atoms with Crippen LogP contribution in [0.3, 0.4) is 0 Å². The maximum atomic E-state index is 11.2. The summed E-state index contributed by atoms with van der Waals surface area (Å²) in [5, 5.41) is 2.67. The SMILES string of the molecule is CC(=O)NCCC#Cc1cccc(C(C)=O)c1. The number of benzene rings is 1. The number of nitrogens with one attached hydrogen (secondary N) is 1. The van der Waals surface area contributed by atoms with Crippen LogP contribution in [0.25, 0.3) is 0 Å². The van der Waals surface area contributed by atoms with Gasteiger partial charge in [-0.25, -0.2) is 0 Å². The third-order valence-electron chi connectivity index (χ3n) is 2.13. The summed E-state index contributed by atoms with van der Waals surface area (Å²) in [6.45, 7) is 3.56. The van der Waals surface area contributed by atoms with Crippen molar-refractivity contribution in [2.24, 2.45) is 0 Å². The molecular formula is C14H15NO2. The first-order valence-electron chi connectivity index (χ1n) is 5.44. The molecule has 1 amide bonds. The lowest BCUT2D eigenvalue weighted by Crippen LogP contribution is -2.20. The summed E-state index contributed by atoms with van der Waals surface area (Å²) in [6, 6.07) is 7.21. The molecule has 0 aromatic heterocycles. The average Bonchev–Trinajstić information content (AvgIpc) is 2.28. The molecule has 17 heavy (non-hydrogen) atoms. The minimum Gasteiger partial charge on any atom is -0.355 e. The number of Topliss-reactive ketones (excluding diaryl/α,β-unsaturated/α-hetero) is 1. The van der Waals surface area contributed by atoms with Gasteiger partial charge in [0.05, 0.1) is 0 Å². The fourth-order valence-corrected chi connectivity index (χ4v) is 1.28. The number of rotatable bonds is 3. The van der Waals surface area contributed by atoms with Gasteiger partial charge in [0, 0.05) is 31.0 Å². The van der Waals surface area contributed by atoms with Gasteiger partial charge in [0.2, 0.25) is 5.91 Å². The number of amides is 1. The van der Waals surface area contributed by atoms with Crippen LogP contribution in [0, 0.1) is 11.8 Å². The van der Waals surface area contributed by atoms with Gasteiger partial charge < -0.3 is 5.32 Å². The normalized spacial score (nSPS) is 9.06. The molecule has 1 aromatic rings. The Bertz CT molecular complexity index is 480. The van der Waals surface area contributed by atoms with Crippen molar-refractivity contribution in [3.8, 4) is 11.8 Å². The third-order valence-corrected chi connectivity index (χ3v) is 2.13. The molecule has 0 unspecified atom stereocenters. The first-order valence-corrected chi connectivity index (χ1v) is 5.44. The Morgan fingerprint density at radius 3 is 2.71 bits per heavy atom. The van der Waals surface area contributed by atoms with Crippen LogP contribution in [0.5, 0.6) is 0 Å². The van der Waals surface area contributed by atoms with E-state index in [0.717, 1.165) is 5.56 Å². The van der Waals surface area contributed by atoms with Crippen molar-refractivity contribution in [1.82, 2.24) is 5.32 Å². The van der Waals surface area contributed by atoms with Crippen LogP contribution < -0.4 is 5.32 Å². The molecule has 0 aliphatic carbocycles. The highest BCUT2D eigenvalue weighted by atomic mass is 16.1. The molecule has 0 radical (unpaired) electrons. The molecule has 0 saturated carbocycles. The lowest BCUT2D eigenvalue weighted by atomic mass is 10.1. The van der Waals surface area contributed by atoms with Gasteiger partial charge in [0.15, 0.2) is 5.78 Å². The number of hydrogen-bond acceptors (Lipinski definition) is 2. The molecule has 0 saturated heterocycles. The first kappa shape index (κ1) is 13.0. The summed E-state index contributed by atoms with van der Waals surface area (Å²) >= 11 is 0. The van der Waals surface area contributed by atoms with E-state index in [-0.39, 0.29) is 11.7 Å². The fraction of sp³-hybridized carbons (Fsp3) is 0.286. The maximum Gasteiger partial charge on any atom is 0.216 e. The van der Waals surface area contributed by atoms with Gasteiger partial charge in [-0.05, 0) is 19.1 Å². The topological polar surface area (TPSA) is 46.2 Å². The second-order valence-electron chi connectivity index (χ2n) is 3.67. The summed E-state index contributed by atoms with van der Waals surface area (Å²) in [4.78, 5) is 21.8. The Morgan fingerprint density at radius 1 is 1.29 bits per heavy atom. The Kier molecular flexibility index (Phi) is 4.96. The molecule has 0 aliphatic heterocycles. The standard InChI is InChI=1S/C14H15NO2/c1-11(16)14-8-5-7-13(10-14)6-3-4-9-15-12(2)17/h5,7-8,10H,4,9H2,1-2H3,(H,15,17). The molecule has 3 heteroatoms. The fourth-order valence-electron chi connectivity index (χ4n) is 1.28. The Hall–Kier alpha value is -2.08. The highest BCUT2D eigenvalue weighted by molar-refractivity contribution is 5.94. The minimum atomic E-state index is -0.0506. The van der Waals surface area contributed by atoms with E-state index in [1.807, 2.05) is 12.1 Å². The predicted octanol–water partition coefficient (Wildman–Crippen LogP) is 1.77.